The summed E-state index contributed by atoms with van der Waals surface area (Å²) in [6.45, 7) is 2.62. The highest BCUT2D eigenvalue weighted by Gasteiger charge is 2.29. The van der Waals surface area contributed by atoms with E-state index in [-0.39, 0.29) is 19.3 Å². The Morgan fingerprint density at radius 1 is 0.289 bits per heavy atom. The van der Waals surface area contributed by atoms with Crippen molar-refractivity contribution in [1.29, 1.82) is 0 Å². The fourth-order valence-corrected chi connectivity index (χ4v) is 11.9. The largest absolute Gasteiger partial charge is 0.472 e. The molecule has 18 heteroatoms. The fourth-order valence-electron chi connectivity index (χ4n) is 10.4. The Labute approximate surface area is 590 Å². The van der Waals surface area contributed by atoms with Crippen LogP contribution in [0.1, 0.15) is 329 Å². The predicted octanol–water partition coefficient (Wildman–Crippen LogP) is 22.2. The van der Waals surface area contributed by atoms with E-state index in [4.69, 9.17) is 32.3 Å². The predicted molar refractivity (Wildman–Crippen MR) is 399 cm³/mol. The number of allylic oxidation sites excluding steroid dienone is 16. The number of esters is 3. The molecule has 0 amide bonds. The van der Waals surface area contributed by atoms with Gasteiger partial charge < -0.3 is 34.2 Å². The quantitative estimate of drug-likeness (QED) is 0.0146. The molecule has 5 unspecified atom stereocenters. The second kappa shape index (κ2) is 72.3. The van der Waals surface area contributed by atoms with Crippen molar-refractivity contribution in [1.82, 2.24) is 0 Å². The molecule has 97 heavy (non-hydrogen) atoms. The van der Waals surface area contributed by atoms with E-state index >= 15 is 0 Å². The van der Waals surface area contributed by atoms with Crippen LogP contribution in [-0.4, -0.2) is 95.9 Å². The third kappa shape index (κ3) is 73.5. The summed E-state index contributed by atoms with van der Waals surface area (Å²) in [6.07, 6.45) is 81.7. The summed E-state index contributed by atoms with van der Waals surface area (Å²) in [4.78, 5) is 58.5. The molecule has 0 radical (unpaired) electrons. The van der Waals surface area contributed by atoms with Gasteiger partial charge in [-0.3, -0.25) is 32.5 Å². The molecule has 0 fully saturated rings. The smallest absolute Gasteiger partial charge is 0.463 e. The van der Waals surface area contributed by atoms with Crippen molar-refractivity contribution in [2.75, 3.05) is 39.6 Å². The van der Waals surface area contributed by atoms with Gasteiger partial charge in [-0.1, -0.05) is 298 Å². The molecule has 0 aromatic rings. The molecule has 4 N–H and O–H groups in total. The number of phosphoric acid groups is 2. The number of rotatable bonds is 73. The molecule has 562 valence electrons. The standard InChI is InChI=1S/C79H140O16P2/c1-4-7-10-13-16-19-22-24-26-28-30-32-34-35-36-37-39-41-42-44-46-48-51-53-56-59-62-65-77(82)89-68-74(80)69-91-96(85,86)92-70-75(81)71-93-97(87,88)94-73-76(95-79(84)67-64-61-58-55-50-21-18-15-12-9-6-3)72-90-78(83)66-63-60-57-54-52-49-47-45-43-40-38-33-31-29-27-25-23-20-17-14-11-8-5-2/h16-17,19-20,24-27,30-33,35-36,40,43,74-76,80-81H,4-15,18,21-23,28-29,34,37-39,41-42,44-73H2,1-3H3,(H,85,86)(H,87,88)/b19-16-,20-17-,26-24-,27-25-,32-30-,33-31-,36-35-,43-40-. The molecule has 0 spiro atoms. The first-order chi connectivity index (χ1) is 47.2. The van der Waals surface area contributed by atoms with Crippen LogP contribution in [0.5, 0.6) is 0 Å². The van der Waals surface area contributed by atoms with Crippen molar-refractivity contribution in [2.45, 2.75) is 347 Å². The number of hydrogen-bond acceptors (Lipinski definition) is 14. The third-order valence-corrected chi connectivity index (χ3v) is 18.2. The van der Waals surface area contributed by atoms with E-state index in [0.717, 1.165) is 135 Å². The average Bonchev–Trinajstić information content (AvgIpc) is 1.56. The minimum atomic E-state index is -4.92. The second-order valence-electron chi connectivity index (χ2n) is 25.8. The van der Waals surface area contributed by atoms with Gasteiger partial charge in [0.05, 0.1) is 26.4 Å². The molecular weight excluding hydrogens is 1270 g/mol. The molecule has 0 saturated heterocycles. The number of carbonyl (C=O) groups is 3. The van der Waals surface area contributed by atoms with Crippen LogP contribution in [0.3, 0.4) is 0 Å². The summed E-state index contributed by atoms with van der Waals surface area (Å²) in [6, 6.07) is 0. The van der Waals surface area contributed by atoms with Crippen molar-refractivity contribution in [3.8, 4) is 0 Å². The maximum atomic E-state index is 12.9. The van der Waals surface area contributed by atoms with E-state index < -0.39 is 91.5 Å². The summed E-state index contributed by atoms with van der Waals surface area (Å²) >= 11 is 0. The minimum absolute atomic E-state index is 0.104. The number of ether oxygens (including phenoxy) is 3. The first-order valence-corrected chi connectivity index (χ1v) is 41.5. The molecule has 0 aliphatic heterocycles. The van der Waals surface area contributed by atoms with Crippen LogP contribution in [0.25, 0.3) is 0 Å². The Bertz CT molecular complexity index is 2150. The van der Waals surface area contributed by atoms with Crippen molar-refractivity contribution >= 4 is 33.6 Å². The van der Waals surface area contributed by atoms with Gasteiger partial charge in [0.25, 0.3) is 0 Å². The van der Waals surface area contributed by atoms with Crippen molar-refractivity contribution in [2.24, 2.45) is 0 Å². The molecular formula is C79H140O16P2. The van der Waals surface area contributed by atoms with Gasteiger partial charge in [-0.2, -0.15) is 0 Å². The summed E-state index contributed by atoms with van der Waals surface area (Å²) in [5.41, 5.74) is 0. The third-order valence-electron chi connectivity index (χ3n) is 16.3. The van der Waals surface area contributed by atoms with Crippen molar-refractivity contribution in [3.63, 3.8) is 0 Å². The van der Waals surface area contributed by atoms with Crippen molar-refractivity contribution in [3.05, 3.63) is 97.2 Å². The summed E-state index contributed by atoms with van der Waals surface area (Å²) in [5, 5.41) is 20.6. The van der Waals surface area contributed by atoms with Gasteiger partial charge in [-0.25, -0.2) is 9.13 Å². The van der Waals surface area contributed by atoms with Crippen molar-refractivity contribution < 1.29 is 75.8 Å². The van der Waals surface area contributed by atoms with E-state index in [2.05, 4.69) is 118 Å². The minimum Gasteiger partial charge on any atom is -0.463 e. The van der Waals surface area contributed by atoms with Crippen LogP contribution in [0, 0.1) is 0 Å². The Morgan fingerprint density at radius 3 is 0.835 bits per heavy atom. The molecule has 0 saturated carbocycles. The summed E-state index contributed by atoms with van der Waals surface area (Å²) < 4.78 is 61.0. The van der Waals surface area contributed by atoms with E-state index in [9.17, 15) is 43.5 Å². The highest BCUT2D eigenvalue weighted by molar-refractivity contribution is 7.47. The molecule has 5 atom stereocenters. The molecule has 0 aromatic carbocycles. The SMILES string of the molecule is CCCCC/C=C\C/C=C\C/C=C\C/C=C\CCCCCCCCCCCCCC(=O)OCC(O)COP(=O)(O)OCC(O)COP(=O)(O)OCC(COC(=O)CCCCCCCCC/C=C\C/C=C\C/C=C\C/C=C\CCCCC)OC(=O)CCCCCCCCCCCCC. The zero-order valence-corrected chi connectivity index (χ0v) is 63.0. The zero-order valence-electron chi connectivity index (χ0n) is 61.2. The molecule has 0 heterocycles. The number of carbonyl (C=O) groups excluding carboxylic acids is 3. The molecule has 0 aromatic heterocycles. The van der Waals surface area contributed by atoms with Crippen LogP contribution in [-0.2, 0) is 55.8 Å². The highest BCUT2D eigenvalue weighted by Crippen LogP contribution is 2.45. The molecule has 0 rings (SSSR count). The monoisotopic (exact) mass is 1410 g/mol. The Balaban J connectivity index is 4.48. The van der Waals surface area contributed by atoms with Crippen LogP contribution >= 0.6 is 15.6 Å². The maximum absolute atomic E-state index is 12.9. The first-order valence-electron chi connectivity index (χ1n) is 38.5. The van der Waals surface area contributed by atoms with E-state index in [1.54, 1.807) is 0 Å². The molecule has 0 aliphatic carbocycles. The van der Waals surface area contributed by atoms with Gasteiger partial charge in [0, 0.05) is 19.3 Å². The van der Waals surface area contributed by atoms with Gasteiger partial charge in [-0.05, 0) is 109 Å². The van der Waals surface area contributed by atoms with E-state index in [1.807, 2.05) is 0 Å². The highest BCUT2D eigenvalue weighted by atomic mass is 31.2. The maximum Gasteiger partial charge on any atom is 0.472 e. The Hall–Kier alpha value is -3.53. The van der Waals surface area contributed by atoms with E-state index in [0.29, 0.717) is 19.3 Å². The number of aliphatic hydroxyl groups excluding tert-OH is 2. The lowest BCUT2D eigenvalue weighted by atomic mass is 10.0. The summed E-state index contributed by atoms with van der Waals surface area (Å²) in [7, 11) is -9.78. The zero-order chi connectivity index (χ0) is 70.9. The van der Waals surface area contributed by atoms with Gasteiger partial charge >= 0.3 is 33.6 Å². The van der Waals surface area contributed by atoms with Crippen LogP contribution in [0.2, 0.25) is 0 Å². The number of hydrogen-bond donors (Lipinski definition) is 4. The number of phosphoric ester groups is 2. The van der Waals surface area contributed by atoms with Gasteiger partial charge in [0.1, 0.15) is 25.4 Å². The lowest BCUT2D eigenvalue weighted by molar-refractivity contribution is -0.161. The first kappa shape index (κ1) is 93.5. The number of aliphatic hydroxyl groups is 2. The molecule has 0 aliphatic rings. The average molecular weight is 1410 g/mol. The van der Waals surface area contributed by atoms with Gasteiger partial charge in [0.2, 0.25) is 0 Å². The van der Waals surface area contributed by atoms with Crippen LogP contribution in [0.4, 0.5) is 0 Å². The topological polar surface area (TPSA) is 231 Å². The van der Waals surface area contributed by atoms with Crippen LogP contribution in [0.15, 0.2) is 97.2 Å². The molecule has 0 bridgehead atoms. The fraction of sp³-hybridized carbons (Fsp3) is 0.759. The van der Waals surface area contributed by atoms with Crippen LogP contribution < -0.4 is 0 Å². The molecule has 16 nitrogen and oxygen atoms in total. The van der Waals surface area contributed by atoms with Gasteiger partial charge in [0.15, 0.2) is 6.10 Å². The summed E-state index contributed by atoms with van der Waals surface area (Å²) in [5.74, 6) is -1.58. The lowest BCUT2D eigenvalue weighted by Crippen LogP contribution is -2.30. The number of unbranched alkanes of at least 4 members (excludes halogenated alkanes) is 34. The lowest BCUT2D eigenvalue weighted by Gasteiger charge is -2.21. The normalized spacial score (nSPS) is 14.6. The van der Waals surface area contributed by atoms with Gasteiger partial charge in [-0.15, -0.1) is 0 Å². The second-order valence-corrected chi connectivity index (χ2v) is 28.7. The Morgan fingerprint density at radius 2 is 0.515 bits per heavy atom. The van der Waals surface area contributed by atoms with E-state index in [1.165, 1.54) is 135 Å². The Kier molecular flexibility index (Phi) is 69.6.